The summed E-state index contributed by atoms with van der Waals surface area (Å²) in [6, 6.07) is 16.3. The van der Waals surface area contributed by atoms with E-state index in [-0.39, 0.29) is 68.6 Å². The Morgan fingerprint density at radius 1 is 0.821 bits per heavy atom. The molecule has 0 radical (unpaired) electrons. The molecule has 0 aliphatic carbocycles. The SMILES string of the molecule is CC(C)C[C@H](NC(=O)[C@H](CCc1ccccc1)CC(=O)CN1CCOCC1)C(=O)C[C@@H](Cc1ccccc1)C(=O)N[C@@H](CC(C)C)C(=O)C(C)(COS(C)(=O)=O)OC(=O)OCc1cn(C)nn1. The summed E-state index contributed by atoms with van der Waals surface area (Å²) in [6.45, 7) is 9.79. The third-order valence-corrected chi connectivity index (χ3v) is 11.8. The molecule has 1 unspecified atom stereocenters. The summed E-state index contributed by atoms with van der Waals surface area (Å²) < 4.78 is 46.8. The summed E-state index contributed by atoms with van der Waals surface area (Å²) in [4.78, 5) is 86.3. The fraction of sp³-hybridized carbons (Fsp3) is 0.583. The number of rotatable bonds is 28. The number of carbonyl (C=O) groups excluding carboxylic acids is 6. The molecule has 1 aliphatic heterocycles. The van der Waals surface area contributed by atoms with Gasteiger partial charge in [0.2, 0.25) is 17.6 Å². The van der Waals surface area contributed by atoms with E-state index in [1.165, 1.54) is 10.9 Å². The topological polar surface area (TPSA) is 231 Å². The van der Waals surface area contributed by atoms with Gasteiger partial charge in [-0.3, -0.25) is 37.7 Å². The van der Waals surface area contributed by atoms with Gasteiger partial charge in [-0.2, -0.15) is 8.42 Å². The zero-order valence-corrected chi connectivity index (χ0v) is 40.6. The van der Waals surface area contributed by atoms with Crippen molar-refractivity contribution in [1.29, 1.82) is 0 Å². The quantitative estimate of drug-likeness (QED) is 0.0768. The summed E-state index contributed by atoms with van der Waals surface area (Å²) in [5, 5.41) is 13.4. The number of ketones is 3. The lowest BCUT2D eigenvalue weighted by Gasteiger charge is -2.32. The second kappa shape index (κ2) is 26.2. The molecule has 2 aromatic carbocycles. The van der Waals surface area contributed by atoms with Crippen LogP contribution in [-0.4, -0.2) is 127 Å². The normalized spacial score (nSPS) is 16.0. The van der Waals surface area contributed by atoms with Crippen LogP contribution >= 0.6 is 0 Å². The van der Waals surface area contributed by atoms with Crippen molar-refractivity contribution in [3.8, 4) is 0 Å². The number of morpholine rings is 1. The number of hydrogen-bond acceptors (Lipinski definition) is 15. The lowest BCUT2D eigenvalue weighted by molar-refractivity contribution is -0.147. The molecule has 1 aliphatic rings. The third-order valence-electron chi connectivity index (χ3n) is 11.2. The third kappa shape index (κ3) is 19.4. The number of benzene rings is 2. The first-order valence-corrected chi connectivity index (χ1v) is 24.6. The van der Waals surface area contributed by atoms with Gasteiger partial charge in [-0.15, -0.1) is 5.10 Å². The molecule has 5 atom stereocenters. The highest BCUT2D eigenvalue weighted by atomic mass is 32.2. The lowest BCUT2D eigenvalue weighted by atomic mass is 9.86. The number of nitrogens with zero attached hydrogens (tertiary/aromatic N) is 4. The molecule has 0 spiro atoms. The van der Waals surface area contributed by atoms with Crippen LogP contribution in [0, 0.1) is 23.7 Å². The average Bonchev–Trinajstić information content (AvgIpc) is 3.70. The van der Waals surface area contributed by atoms with E-state index in [9.17, 15) is 37.2 Å². The zero-order valence-electron chi connectivity index (χ0n) is 39.8. The highest BCUT2D eigenvalue weighted by Gasteiger charge is 2.45. The van der Waals surface area contributed by atoms with Gasteiger partial charge in [0.05, 0.1) is 44.3 Å². The minimum Gasteiger partial charge on any atom is -0.428 e. The average molecular weight is 953 g/mol. The van der Waals surface area contributed by atoms with Crippen molar-refractivity contribution in [3.05, 3.63) is 83.7 Å². The first kappa shape index (κ1) is 54.2. The van der Waals surface area contributed by atoms with Gasteiger partial charge in [0.1, 0.15) is 24.7 Å². The van der Waals surface area contributed by atoms with Crippen LogP contribution < -0.4 is 10.6 Å². The van der Waals surface area contributed by atoms with Crippen molar-refractivity contribution in [2.45, 2.75) is 104 Å². The van der Waals surface area contributed by atoms with Crippen LogP contribution in [0.2, 0.25) is 0 Å². The van der Waals surface area contributed by atoms with E-state index in [1.54, 1.807) is 45.2 Å². The molecule has 2 N–H and O–H groups in total. The predicted molar refractivity (Wildman–Crippen MR) is 248 cm³/mol. The van der Waals surface area contributed by atoms with Crippen LogP contribution in [0.1, 0.15) is 83.5 Å². The summed E-state index contributed by atoms with van der Waals surface area (Å²) in [5.74, 6) is -4.52. The zero-order chi connectivity index (χ0) is 49.1. The number of carbonyl (C=O) groups is 6. The van der Waals surface area contributed by atoms with Gasteiger partial charge in [0.25, 0.3) is 10.1 Å². The number of nitrogens with one attached hydrogen (secondary N) is 2. The maximum atomic E-state index is 14.6. The Kier molecular flexibility index (Phi) is 21.2. The Morgan fingerprint density at radius 3 is 1.99 bits per heavy atom. The maximum absolute atomic E-state index is 14.6. The first-order chi connectivity index (χ1) is 31.7. The number of aryl methyl sites for hydroxylation is 2. The van der Waals surface area contributed by atoms with Crippen LogP contribution in [-0.2, 0) is 79.0 Å². The summed E-state index contributed by atoms with van der Waals surface area (Å²) in [7, 11) is -2.54. The fourth-order valence-corrected chi connectivity index (χ4v) is 8.21. The van der Waals surface area contributed by atoms with Gasteiger partial charge < -0.3 is 24.8 Å². The van der Waals surface area contributed by atoms with E-state index in [2.05, 4.69) is 20.9 Å². The largest absolute Gasteiger partial charge is 0.509 e. The smallest absolute Gasteiger partial charge is 0.428 e. The van der Waals surface area contributed by atoms with Crippen LogP contribution in [0.3, 0.4) is 0 Å². The van der Waals surface area contributed by atoms with E-state index in [0.717, 1.165) is 24.3 Å². The standard InChI is InChI=1S/C48H68N6O12S/c1-33(2)24-41(49-45(58)37(19-18-35-14-10-8-11-15-35)27-40(55)30-54-20-22-63-23-21-54)43(56)28-38(26-36-16-12-9-13-17-36)46(59)50-42(25-34(3)4)44(57)48(5,32-65-67(7,61)62)66-47(60)64-31-39-29-53(6)52-51-39/h8-17,29,33-34,37-38,41-42H,18-28,30-32H2,1-7H3,(H,49,58)(H,50,59)/t37-,38-,41+,42+,48?/m1/s1. The predicted octanol–water partition coefficient (Wildman–Crippen LogP) is 4.19. The van der Waals surface area contributed by atoms with Crippen molar-refractivity contribution in [3.63, 3.8) is 0 Å². The highest BCUT2D eigenvalue weighted by molar-refractivity contribution is 7.86. The molecule has 18 nitrogen and oxygen atoms in total. The van der Waals surface area contributed by atoms with Crippen LogP contribution in [0.5, 0.6) is 0 Å². The second-order valence-electron chi connectivity index (χ2n) is 18.4. The van der Waals surface area contributed by atoms with Gasteiger partial charge in [-0.25, -0.2) is 4.79 Å². The van der Waals surface area contributed by atoms with Gasteiger partial charge in [0.15, 0.2) is 11.4 Å². The fourth-order valence-electron chi connectivity index (χ4n) is 7.77. The second-order valence-corrected chi connectivity index (χ2v) is 20.0. The molecule has 19 heteroatoms. The molecule has 1 fully saturated rings. The molecule has 0 bridgehead atoms. The molecule has 4 rings (SSSR count). The summed E-state index contributed by atoms with van der Waals surface area (Å²) >= 11 is 0. The van der Waals surface area contributed by atoms with Gasteiger partial charge >= 0.3 is 6.16 Å². The Morgan fingerprint density at radius 2 is 1.40 bits per heavy atom. The molecule has 67 heavy (non-hydrogen) atoms. The Hall–Kier alpha value is -5.37. The van der Waals surface area contributed by atoms with Crippen LogP contribution in [0.4, 0.5) is 4.79 Å². The molecular formula is C48H68N6O12S. The van der Waals surface area contributed by atoms with E-state index in [0.29, 0.717) is 39.1 Å². The van der Waals surface area contributed by atoms with Crippen molar-refractivity contribution in [2.24, 2.45) is 30.7 Å². The monoisotopic (exact) mass is 952 g/mol. The number of aromatic nitrogens is 3. The Balaban J connectivity index is 1.59. The number of Topliss-reactive ketones (excluding diaryl/α,β-unsaturated/α-hetero) is 3. The Bertz CT molecular complexity index is 2200. The van der Waals surface area contributed by atoms with Crippen molar-refractivity contribution in [2.75, 3.05) is 45.7 Å². The number of hydrogen-bond donors (Lipinski definition) is 2. The molecule has 2 amide bonds. The van der Waals surface area contributed by atoms with E-state index >= 15 is 0 Å². The van der Waals surface area contributed by atoms with E-state index in [1.807, 2.05) is 55.1 Å². The summed E-state index contributed by atoms with van der Waals surface area (Å²) in [5.41, 5.74) is -0.274. The minimum absolute atomic E-state index is 0.0137. The van der Waals surface area contributed by atoms with Crippen molar-refractivity contribution in [1.82, 2.24) is 30.5 Å². The first-order valence-electron chi connectivity index (χ1n) is 22.8. The maximum Gasteiger partial charge on any atom is 0.509 e. The Labute approximate surface area is 394 Å². The van der Waals surface area contributed by atoms with Gasteiger partial charge in [-0.05, 0) is 62.0 Å². The molecule has 0 saturated carbocycles. The van der Waals surface area contributed by atoms with Crippen molar-refractivity contribution >= 4 is 45.4 Å². The van der Waals surface area contributed by atoms with Gasteiger partial charge in [-0.1, -0.05) is 93.6 Å². The van der Waals surface area contributed by atoms with Crippen molar-refractivity contribution < 1.29 is 55.6 Å². The summed E-state index contributed by atoms with van der Waals surface area (Å²) in [6.07, 6.45) is 1.88. The minimum atomic E-state index is -4.16. The number of amides is 2. The van der Waals surface area contributed by atoms with Crippen LogP contribution in [0.25, 0.3) is 0 Å². The molecule has 1 saturated heterocycles. The molecule has 2 heterocycles. The number of ether oxygens (including phenoxy) is 3. The van der Waals surface area contributed by atoms with E-state index < -0.39 is 75.8 Å². The molecule has 3 aromatic rings. The molecule has 368 valence electrons. The van der Waals surface area contributed by atoms with E-state index in [4.69, 9.17) is 18.4 Å². The highest BCUT2D eigenvalue weighted by Crippen LogP contribution is 2.24. The van der Waals surface area contributed by atoms with Crippen LogP contribution in [0.15, 0.2) is 66.9 Å². The lowest BCUT2D eigenvalue weighted by Crippen LogP contribution is -2.56. The molecular weight excluding hydrogens is 885 g/mol. The van der Waals surface area contributed by atoms with Gasteiger partial charge in [0, 0.05) is 44.8 Å². The molecule has 1 aromatic heterocycles.